The van der Waals surface area contributed by atoms with Gasteiger partial charge in [-0.15, -0.1) is 0 Å². The zero-order valence-electron chi connectivity index (χ0n) is 13.3. The SMILES string of the molecule is CC(C)(C)CC(O)O.Oc1ccccc1.Oc1ccccc1. The lowest BCUT2D eigenvalue weighted by Gasteiger charge is -2.18. The first-order valence-corrected chi connectivity index (χ1v) is 7.05. The maximum Gasteiger partial charge on any atom is 0.151 e. The molecule has 4 nitrogen and oxygen atoms in total. The summed E-state index contributed by atoms with van der Waals surface area (Å²) in [5.74, 6) is 0.644. The van der Waals surface area contributed by atoms with E-state index in [0.29, 0.717) is 17.9 Å². The van der Waals surface area contributed by atoms with Crippen molar-refractivity contribution in [3.05, 3.63) is 60.7 Å². The smallest absolute Gasteiger partial charge is 0.151 e. The molecule has 0 aliphatic heterocycles. The third kappa shape index (κ3) is 14.4. The second-order valence-electron chi connectivity index (χ2n) is 5.92. The molecule has 0 saturated heterocycles. The standard InChI is InChI=1S/C6H14O2.2C6H6O/c1-6(2,3)4-5(7)8;2*7-6-4-2-1-3-5-6/h5,7-8H,4H2,1-3H3;2*1-5,7H. The molecule has 2 aromatic carbocycles. The van der Waals surface area contributed by atoms with Crippen LogP contribution in [0.15, 0.2) is 60.7 Å². The van der Waals surface area contributed by atoms with Gasteiger partial charge in [0.25, 0.3) is 0 Å². The molecule has 0 unspecified atom stereocenters. The van der Waals surface area contributed by atoms with Crippen molar-refractivity contribution in [1.29, 1.82) is 0 Å². The summed E-state index contributed by atoms with van der Waals surface area (Å²) in [5.41, 5.74) is 0.0220. The minimum atomic E-state index is -1.16. The molecule has 0 radical (unpaired) electrons. The van der Waals surface area contributed by atoms with Gasteiger partial charge in [0.2, 0.25) is 0 Å². The van der Waals surface area contributed by atoms with E-state index in [1.165, 1.54) is 0 Å². The lowest BCUT2D eigenvalue weighted by molar-refractivity contribution is -0.0648. The van der Waals surface area contributed by atoms with Gasteiger partial charge in [0.1, 0.15) is 11.5 Å². The van der Waals surface area contributed by atoms with Crippen LogP contribution in [0.4, 0.5) is 0 Å². The Hall–Kier alpha value is -2.04. The summed E-state index contributed by atoms with van der Waals surface area (Å²) >= 11 is 0. The van der Waals surface area contributed by atoms with Crippen molar-refractivity contribution in [2.24, 2.45) is 5.41 Å². The van der Waals surface area contributed by atoms with Gasteiger partial charge in [-0.25, -0.2) is 0 Å². The fraction of sp³-hybridized carbons (Fsp3) is 0.333. The molecule has 4 N–H and O–H groups in total. The van der Waals surface area contributed by atoms with Crippen LogP contribution < -0.4 is 0 Å². The van der Waals surface area contributed by atoms with Gasteiger partial charge in [0.15, 0.2) is 6.29 Å². The highest BCUT2D eigenvalue weighted by Crippen LogP contribution is 2.19. The van der Waals surface area contributed by atoms with E-state index >= 15 is 0 Å². The highest BCUT2D eigenvalue weighted by Gasteiger charge is 2.13. The van der Waals surface area contributed by atoms with Crippen LogP contribution in [-0.4, -0.2) is 26.7 Å². The molecule has 2 rings (SSSR count). The van der Waals surface area contributed by atoms with E-state index in [-0.39, 0.29) is 5.41 Å². The van der Waals surface area contributed by atoms with Crippen molar-refractivity contribution in [3.63, 3.8) is 0 Å². The molecular formula is C18H26O4. The lowest BCUT2D eigenvalue weighted by Crippen LogP contribution is -2.16. The maximum atomic E-state index is 8.63. The zero-order chi connectivity index (χ0) is 17.0. The minimum absolute atomic E-state index is 0.0220. The van der Waals surface area contributed by atoms with Crippen molar-refractivity contribution in [2.45, 2.75) is 33.5 Å². The van der Waals surface area contributed by atoms with E-state index in [1.807, 2.05) is 32.9 Å². The van der Waals surface area contributed by atoms with Crippen molar-refractivity contribution in [3.8, 4) is 11.5 Å². The topological polar surface area (TPSA) is 80.9 Å². The van der Waals surface area contributed by atoms with E-state index < -0.39 is 6.29 Å². The van der Waals surface area contributed by atoms with Crippen molar-refractivity contribution >= 4 is 0 Å². The summed E-state index contributed by atoms with van der Waals surface area (Å²) in [5, 5.41) is 34.2. The molecule has 0 fully saturated rings. The number of aliphatic hydroxyl groups is 2. The fourth-order valence-corrected chi connectivity index (χ4v) is 1.40. The number of phenols is 2. The van der Waals surface area contributed by atoms with Gasteiger partial charge in [-0.1, -0.05) is 57.2 Å². The third-order valence-electron chi connectivity index (χ3n) is 2.31. The molecule has 0 aliphatic rings. The van der Waals surface area contributed by atoms with Gasteiger partial charge >= 0.3 is 0 Å². The molecule has 122 valence electrons. The predicted octanol–water partition coefficient (Wildman–Crippen LogP) is 3.52. The average molecular weight is 306 g/mol. The Labute approximate surface area is 132 Å². The Morgan fingerprint density at radius 2 is 1.05 bits per heavy atom. The van der Waals surface area contributed by atoms with Crippen molar-refractivity contribution < 1.29 is 20.4 Å². The van der Waals surface area contributed by atoms with Crippen LogP contribution in [0, 0.1) is 5.41 Å². The van der Waals surface area contributed by atoms with E-state index in [1.54, 1.807) is 48.5 Å². The molecule has 0 bridgehead atoms. The Morgan fingerprint density at radius 1 is 0.727 bits per heavy atom. The summed E-state index contributed by atoms with van der Waals surface area (Å²) < 4.78 is 0. The molecule has 22 heavy (non-hydrogen) atoms. The molecule has 2 aromatic rings. The second-order valence-corrected chi connectivity index (χ2v) is 5.92. The molecular weight excluding hydrogens is 280 g/mol. The van der Waals surface area contributed by atoms with Crippen molar-refractivity contribution in [1.82, 2.24) is 0 Å². The zero-order valence-corrected chi connectivity index (χ0v) is 13.3. The highest BCUT2D eigenvalue weighted by molar-refractivity contribution is 5.19. The van der Waals surface area contributed by atoms with E-state index in [4.69, 9.17) is 20.4 Å². The number of hydrogen-bond donors (Lipinski definition) is 4. The first-order chi connectivity index (χ1) is 10.2. The van der Waals surface area contributed by atoms with Crippen LogP contribution in [0.3, 0.4) is 0 Å². The summed E-state index contributed by atoms with van der Waals surface area (Å²) in [4.78, 5) is 0. The largest absolute Gasteiger partial charge is 0.508 e. The fourth-order valence-electron chi connectivity index (χ4n) is 1.40. The summed E-state index contributed by atoms with van der Waals surface area (Å²) in [6.45, 7) is 5.89. The molecule has 0 saturated carbocycles. The summed E-state index contributed by atoms with van der Waals surface area (Å²) in [6.07, 6.45) is -0.720. The number of aliphatic hydroxyl groups excluding tert-OH is 1. The molecule has 0 atom stereocenters. The van der Waals surface area contributed by atoms with Gasteiger partial charge in [-0.05, 0) is 29.7 Å². The van der Waals surface area contributed by atoms with Crippen LogP contribution in [0.2, 0.25) is 0 Å². The Balaban J connectivity index is 0.000000301. The van der Waals surface area contributed by atoms with E-state index in [0.717, 1.165) is 0 Å². The first kappa shape index (κ1) is 20.0. The second kappa shape index (κ2) is 10.7. The quantitative estimate of drug-likeness (QED) is 0.608. The van der Waals surface area contributed by atoms with Gasteiger partial charge < -0.3 is 20.4 Å². The number of phenolic OH excluding ortho intramolecular Hbond substituents is 2. The number of rotatable bonds is 1. The lowest BCUT2D eigenvalue weighted by atomic mass is 9.92. The van der Waals surface area contributed by atoms with Crippen LogP contribution in [-0.2, 0) is 0 Å². The summed E-state index contributed by atoms with van der Waals surface area (Å²) in [7, 11) is 0. The molecule has 0 spiro atoms. The third-order valence-corrected chi connectivity index (χ3v) is 2.31. The van der Waals surface area contributed by atoms with Gasteiger partial charge in [-0.3, -0.25) is 0 Å². The number of hydrogen-bond acceptors (Lipinski definition) is 4. The summed E-state index contributed by atoms with van der Waals surface area (Å²) in [6, 6.07) is 17.4. The average Bonchev–Trinajstić information content (AvgIpc) is 2.39. The number of aromatic hydroxyl groups is 2. The van der Waals surface area contributed by atoms with Crippen LogP contribution in [0.1, 0.15) is 27.2 Å². The van der Waals surface area contributed by atoms with Crippen LogP contribution in [0.5, 0.6) is 11.5 Å². The molecule has 0 aliphatic carbocycles. The van der Waals surface area contributed by atoms with Crippen LogP contribution >= 0.6 is 0 Å². The Morgan fingerprint density at radius 3 is 1.14 bits per heavy atom. The van der Waals surface area contributed by atoms with Gasteiger partial charge in [0, 0.05) is 6.42 Å². The molecule has 0 heterocycles. The normalized spacial score (nSPS) is 10.1. The van der Waals surface area contributed by atoms with Gasteiger partial charge in [0.05, 0.1) is 0 Å². The van der Waals surface area contributed by atoms with E-state index in [2.05, 4.69) is 0 Å². The van der Waals surface area contributed by atoms with Crippen LogP contribution in [0.25, 0.3) is 0 Å². The number of para-hydroxylation sites is 2. The number of benzene rings is 2. The Bertz CT molecular complexity index is 438. The minimum Gasteiger partial charge on any atom is -0.508 e. The molecule has 4 heteroatoms. The van der Waals surface area contributed by atoms with Gasteiger partial charge in [-0.2, -0.15) is 0 Å². The monoisotopic (exact) mass is 306 g/mol. The molecule has 0 amide bonds. The maximum absolute atomic E-state index is 8.63. The predicted molar refractivity (Wildman–Crippen MR) is 88.5 cm³/mol. The highest BCUT2D eigenvalue weighted by atomic mass is 16.5. The first-order valence-electron chi connectivity index (χ1n) is 7.05. The van der Waals surface area contributed by atoms with E-state index in [9.17, 15) is 0 Å². The van der Waals surface area contributed by atoms with Crippen molar-refractivity contribution in [2.75, 3.05) is 0 Å². The Kier molecular flexibility index (Phi) is 9.67. The molecule has 0 aromatic heterocycles.